The predicted molar refractivity (Wildman–Crippen MR) is 316 cm³/mol. The van der Waals surface area contributed by atoms with Crippen molar-refractivity contribution in [3.8, 4) is 17.2 Å². The summed E-state index contributed by atoms with van der Waals surface area (Å²) in [5.41, 5.74) is 26.2. The van der Waals surface area contributed by atoms with E-state index >= 15 is 0 Å². The highest BCUT2D eigenvalue weighted by atomic mass is 16.5. The van der Waals surface area contributed by atoms with Gasteiger partial charge in [0, 0.05) is 94.4 Å². The van der Waals surface area contributed by atoms with Gasteiger partial charge in [0.15, 0.2) is 0 Å². The number of aliphatic imine (C=N–C) groups is 3. The number of ether oxygens (including phenoxy) is 3. The molecule has 4 aliphatic rings. The van der Waals surface area contributed by atoms with E-state index in [1.807, 2.05) is 18.2 Å². The molecule has 8 heterocycles. The highest BCUT2D eigenvalue weighted by Crippen LogP contribution is 2.36. The van der Waals surface area contributed by atoms with Gasteiger partial charge in [-0.15, -0.1) is 0 Å². The molecule has 4 aliphatic heterocycles. The monoisotopic (exact) mass is 1020 g/mol. The molecule has 77 heavy (non-hydrogen) atoms. The van der Waals surface area contributed by atoms with Gasteiger partial charge in [-0.05, 0) is 157 Å². The van der Waals surface area contributed by atoms with Crippen LogP contribution in [0, 0.1) is 6.92 Å². The van der Waals surface area contributed by atoms with Gasteiger partial charge < -0.3 is 39.5 Å². The molecule has 0 radical (unpaired) electrons. The fraction of sp³-hybridized carbons (Fsp3) is 0.258. The van der Waals surface area contributed by atoms with Crippen molar-refractivity contribution in [2.75, 3.05) is 47.5 Å². The topological polar surface area (TPSA) is 140 Å². The minimum atomic E-state index is 0.830. The first-order chi connectivity index (χ1) is 37.9. The second kappa shape index (κ2) is 20.5. The van der Waals surface area contributed by atoms with E-state index < -0.39 is 0 Å². The number of hydrogen-bond acceptors (Lipinski definition) is 7. The van der Waals surface area contributed by atoms with Crippen molar-refractivity contribution in [3.63, 3.8) is 0 Å². The van der Waals surface area contributed by atoms with Crippen molar-refractivity contribution in [1.29, 1.82) is 0 Å². The quantitative estimate of drug-likeness (QED) is 0.0831. The number of methoxy groups -OCH3 is 3. The van der Waals surface area contributed by atoms with Crippen molar-refractivity contribution in [1.82, 2.24) is 25.3 Å². The molecule has 0 atom stereocenters. The molecule has 0 saturated carbocycles. The van der Waals surface area contributed by atoms with E-state index in [0.29, 0.717) is 0 Å². The Hall–Kier alpha value is -8.57. The van der Waals surface area contributed by atoms with Crippen LogP contribution >= 0.6 is 0 Å². The van der Waals surface area contributed by atoms with E-state index in [-0.39, 0.29) is 0 Å². The van der Waals surface area contributed by atoms with Crippen LogP contribution in [0.25, 0.3) is 55.4 Å². The lowest BCUT2D eigenvalue weighted by atomic mass is 9.92. The molecule has 0 unspecified atom stereocenters. The molecule has 0 bridgehead atoms. The van der Waals surface area contributed by atoms with E-state index in [1.54, 1.807) is 21.3 Å². The molecule has 0 fully saturated rings. The molecule has 386 valence electrons. The average molecular weight is 1020 g/mol. The number of aryl methyl sites for hydroxylation is 3. The average Bonchev–Trinajstić information content (AvgIpc) is 4.36. The summed E-state index contributed by atoms with van der Waals surface area (Å²) in [4.78, 5) is 29.5. The van der Waals surface area contributed by atoms with Crippen LogP contribution in [-0.4, -0.2) is 84.6 Å². The zero-order chi connectivity index (χ0) is 52.0. The van der Waals surface area contributed by atoms with Gasteiger partial charge >= 0.3 is 0 Å². The van der Waals surface area contributed by atoms with Gasteiger partial charge in [-0.1, -0.05) is 60.7 Å². The van der Waals surface area contributed by atoms with E-state index in [0.717, 1.165) is 135 Å². The fourth-order valence-corrected chi connectivity index (χ4v) is 12.4. The first-order valence-corrected chi connectivity index (χ1v) is 27.3. The van der Waals surface area contributed by atoms with Crippen LogP contribution in [0.3, 0.4) is 0 Å². The zero-order valence-electron chi connectivity index (χ0n) is 44.4. The van der Waals surface area contributed by atoms with Gasteiger partial charge in [0.25, 0.3) is 0 Å². The fourth-order valence-electron chi connectivity index (χ4n) is 12.4. The molecule has 0 amide bonds. The SMILES string of the molecule is COc1ccc2c3c([nH]c2c1)C(CCc1ccccc1/C=C1\NCCc2c1[nH]c1cc(OC)ccc21)=NCC3.COc1ccc2c3c([nH]c2c1)C(Cc1ccccc1CCC1=NCCc2c1[nH]c1cc(C)ccc21)=NCC3. The van der Waals surface area contributed by atoms with Gasteiger partial charge in [0.2, 0.25) is 0 Å². The largest absolute Gasteiger partial charge is 0.497 e. The third-order valence-electron chi connectivity index (χ3n) is 16.3. The molecule has 5 N–H and O–H groups in total. The maximum absolute atomic E-state index is 5.45. The number of benzene rings is 6. The number of H-pyrrole nitrogens is 4. The van der Waals surface area contributed by atoms with Crippen molar-refractivity contribution < 1.29 is 14.2 Å². The Balaban J connectivity index is 0.000000147. The summed E-state index contributed by atoms with van der Waals surface area (Å²) < 4.78 is 16.3. The lowest BCUT2D eigenvalue weighted by Gasteiger charge is -2.19. The summed E-state index contributed by atoms with van der Waals surface area (Å²) in [5.74, 6) is 2.61. The third-order valence-corrected chi connectivity index (χ3v) is 16.3. The Labute approximate surface area is 448 Å². The maximum Gasteiger partial charge on any atom is 0.120 e. The molecule has 10 aromatic rings. The van der Waals surface area contributed by atoms with Crippen LogP contribution in [0.1, 0.15) is 85.7 Å². The second-order valence-corrected chi connectivity index (χ2v) is 20.8. The predicted octanol–water partition coefficient (Wildman–Crippen LogP) is 12.8. The molecule has 0 saturated heterocycles. The van der Waals surface area contributed by atoms with Crippen LogP contribution in [0.2, 0.25) is 0 Å². The zero-order valence-corrected chi connectivity index (χ0v) is 44.4. The van der Waals surface area contributed by atoms with E-state index in [9.17, 15) is 0 Å². The molecule has 11 nitrogen and oxygen atoms in total. The molecule has 11 heteroatoms. The third kappa shape index (κ3) is 9.17. The number of nitrogens with zero attached hydrogens (tertiary/aromatic N) is 3. The van der Waals surface area contributed by atoms with E-state index in [1.165, 1.54) is 106 Å². The Bertz CT molecular complexity index is 4040. The lowest BCUT2D eigenvalue weighted by molar-refractivity contribution is 0.415. The summed E-state index contributed by atoms with van der Waals surface area (Å²) in [6.45, 7) is 5.62. The van der Waals surface area contributed by atoms with Gasteiger partial charge in [0.1, 0.15) is 17.2 Å². The molecule has 0 spiro atoms. The molecular formula is C66H64N8O3. The summed E-state index contributed by atoms with van der Waals surface area (Å²) in [7, 11) is 5.14. The minimum Gasteiger partial charge on any atom is -0.497 e. The van der Waals surface area contributed by atoms with E-state index in [2.05, 4.69) is 141 Å². The van der Waals surface area contributed by atoms with Crippen molar-refractivity contribution >= 4 is 72.5 Å². The standard InChI is InChI=1S/C33H32N4O2.C33H32N4O/c1-38-22-8-10-24-26-13-15-34-28(32(26)36-29(24)18-22)12-7-20-5-3-4-6-21(20)17-31-33-27(14-16-35-31)25-11-9-23(39-2)19-30(25)37-33;1-20-7-10-24-26-13-15-34-28(32(26)36-29(24)17-20)12-8-21-5-3-4-6-22(21)18-31-33-27(14-16-35-31)25-11-9-23(38-2)19-30(25)37-33/h3-6,8-11,17-19,35-37H,7,12-16H2,1-2H3;3-7,9-11,17,19,36-37H,8,12-16,18H2,1-2H3/b31-17-;. The molecule has 0 aliphatic carbocycles. The number of rotatable bonds is 12. The highest BCUT2D eigenvalue weighted by molar-refractivity contribution is 6.09. The second-order valence-electron chi connectivity index (χ2n) is 20.8. The van der Waals surface area contributed by atoms with Crippen molar-refractivity contribution in [3.05, 3.63) is 194 Å². The van der Waals surface area contributed by atoms with Crippen LogP contribution in [0.5, 0.6) is 17.2 Å². The number of aromatic nitrogens is 4. The van der Waals surface area contributed by atoms with Crippen LogP contribution in [-0.2, 0) is 44.9 Å². The van der Waals surface area contributed by atoms with E-state index in [4.69, 9.17) is 29.2 Å². The normalized spacial score (nSPS) is 15.2. The minimum absolute atomic E-state index is 0.830. The van der Waals surface area contributed by atoms with Crippen LogP contribution in [0.4, 0.5) is 0 Å². The van der Waals surface area contributed by atoms with Crippen molar-refractivity contribution in [2.45, 2.75) is 64.7 Å². The van der Waals surface area contributed by atoms with Crippen LogP contribution in [0.15, 0.2) is 136 Å². The highest BCUT2D eigenvalue weighted by Gasteiger charge is 2.25. The maximum atomic E-state index is 5.45. The molecular weight excluding hydrogens is 953 g/mol. The Kier molecular flexibility index (Phi) is 12.8. The first-order valence-electron chi connectivity index (χ1n) is 27.3. The van der Waals surface area contributed by atoms with Gasteiger partial charge in [-0.25, -0.2) is 0 Å². The van der Waals surface area contributed by atoms with Gasteiger partial charge in [0.05, 0.1) is 66.9 Å². The Morgan fingerprint density at radius 3 is 1.44 bits per heavy atom. The van der Waals surface area contributed by atoms with Gasteiger partial charge in [-0.2, -0.15) is 0 Å². The molecule has 6 aromatic carbocycles. The molecule has 14 rings (SSSR count). The number of nitrogens with one attached hydrogen (secondary N) is 5. The van der Waals surface area contributed by atoms with Crippen molar-refractivity contribution in [2.24, 2.45) is 15.0 Å². The summed E-state index contributed by atoms with van der Waals surface area (Å²) in [6, 6.07) is 43.2. The van der Waals surface area contributed by atoms with Crippen LogP contribution < -0.4 is 19.5 Å². The first kappa shape index (κ1) is 48.1. The summed E-state index contributed by atoms with van der Waals surface area (Å²) in [6.07, 6.45) is 10.8. The van der Waals surface area contributed by atoms with Gasteiger partial charge in [-0.3, -0.25) is 15.0 Å². The smallest absolute Gasteiger partial charge is 0.120 e. The number of aromatic amines is 4. The molecule has 4 aromatic heterocycles. The number of hydrogen-bond donors (Lipinski definition) is 5. The Morgan fingerprint density at radius 2 is 0.883 bits per heavy atom. The Morgan fingerprint density at radius 1 is 0.442 bits per heavy atom. The summed E-state index contributed by atoms with van der Waals surface area (Å²) in [5, 5.41) is 8.82. The summed E-state index contributed by atoms with van der Waals surface area (Å²) >= 11 is 0. The lowest BCUT2D eigenvalue weighted by Crippen LogP contribution is -2.22. The number of fused-ring (bicyclic) bond motifs is 12.